The summed E-state index contributed by atoms with van der Waals surface area (Å²) in [5.41, 5.74) is 3.06. The Hall–Kier alpha value is -2.73. The van der Waals surface area contributed by atoms with E-state index in [0.717, 1.165) is 23.1 Å². The minimum atomic E-state index is 0.176. The van der Waals surface area contributed by atoms with Crippen molar-refractivity contribution in [2.24, 2.45) is 0 Å². The number of nitrogens with one attached hydrogen (secondary N) is 1. The molecule has 0 aliphatic rings. The van der Waals surface area contributed by atoms with Crippen molar-refractivity contribution < 1.29 is 9.53 Å². The number of ether oxygens (including phenoxy) is 1. The number of hydrogen-bond donors (Lipinski definition) is 1. The van der Waals surface area contributed by atoms with Gasteiger partial charge in [-0.1, -0.05) is 17.7 Å². The van der Waals surface area contributed by atoms with Crippen LogP contribution in [0.5, 0.6) is 5.75 Å². The first-order valence-electron chi connectivity index (χ1n) is 6.86. The van der Waals surface area contributed by atoms with Gasteiger partial charge in [-0.2, -0.15) is 5.10 Å². The van der Waals surface area contributed by atoms with Gasteiger partial charge in [-0.3, -0.25) is 5.10 Å². The molecule has 0 unspecified atom stereocenters. The summed E-state index contributed by atoms with van der Waals surface area (Å²) in [6.07, 6.45) is 4.33. The van der Waals surface area contributed by atoms with Gasteiger partial charge in [0.25, 0.3) is 0 Å². The average molecular weight is 329 g/mol. The van der Waals surface area contributed by atoms with E-state index in [1.165, 1.54) is 0 Å². The summed E-state index contributed by atoms with van der Waals surface area (Å²) in [7, 11) is 1.56. The number of carbonyl (C=O) groups excluding carboxylic acids is 1. The second-order valence-corrected chi connectivity index (χ2v) is 5.13. The van der Waals surface area contributed by atoms with Crippen LogP contribution in [0.3, 0.4) is 0 Å². The van der Waals surface area contributed by atoms with Gasteiger partial charge in [0.05, 0.1) is 24.2 Å². The number of H-pyrrole nitrogens is 1. The molecule has 7 heteroatoms. The number of nitrogens with zero attached hydrogens (tertiary/aromatic N) is 3. The monoisotopic (exact) mass is 328 g/mol. The first-order chi connectivity index (χ1) is 11.2. The van der Waals surface area contributed by atoms with Gasteiger partial charge >= 0.3 is 0 Å². The second kappa shape index (κ2) is 6.58. The quantitative estimate of drug-likeness (QED) is 0.728. The van der Waals surface area contributed by atoms with Crippen molar-refractivity contribution in [1.82, 2.24) is 20.2 Å². The van der Waals surface area contributed by atoms with E-state index in [-0.39, 0.29) is 6.42 Å². The molecule has 0 aliphatic heterocycles. The lowest BCUT2D eigenvalue weighted by Crippen LogP contribution is -1.97. The minimum Gasteiger partial charge on any atom is -0.495 e. The number of halogens is 1. The number of aromatic amines is 1. The summed E-state index contributed by atoms with van der Waals surface area (Å²) < 4.78 is 5.25. The first-order valence-corrected chi connectivity index (χ1v) is 7.24. The highest BCUT2D eigenvalue weighted by Gasteiger charge is 2.14. The predicted octanol–water partition coefficient (Wildman–Crippen LogP) is 2.94. The van der Waals surface area contributed by atoms with Gasteiger partial charge < -0.3 is 9.53 Å². The Balaban J connectivity index is 2.06. The molecule has 3 aromatic rings. The molecular weight excluding hydrogens is 316 g/mol. The van der Waals surface area contributed by atoms with Crippen molar-refractivity contribution in [3.8, 4) is 28.3 Å². The summed E-state index contributed by atoms with van der Waals surface area (Å²) in [6.45, 7) is 0. The van der Waals surface area contributed by atoms with Crippen LogP contribution >= 0.6 is 11.6 Å². The maximum absolute atomic E-state index is 10.6. The average Bonchev–Trinajstić information content (AvgIpc) is 3.05. The van der Waals surface area contributed by atoms with E-state index in [4.69, 9.17) is 16.3 Å². The molecule has 0 fully saturated rings. The lowest BCUT2D eigenvalue weighted by Gasteiger charge is -2.07. The maximum atomic E-state index is 10.6. The Kier molecular flexibility index (Phi) is 4.34. The molecule has 0 radical (unpaired) electrons. The standard InChI is InChI=1S/C16H13ClN4O2/c1-23-14-8-10(2-3-12(14)17)16-11(9-19-21-16)13-4-6-18-15(20-13)5-7-22/h2-4,6-9H,5H2,1H3,(H,19,21). The van der Waals surface area contributed by atoms with Crippen molar-refractivity contribution in [2.45, 2.75) is 6.42 Å². The number of methoxy groups -OCH3 is 1. The summed E-state index contributed by atoms with van der Waals surface area (Å²) >= 11 is 6.06. The predicted molar refractivity (Wildman–Crippen MR) is 86.4 cm³/mol. The largest absolute Gasteiger partial charge is 0.495 e. The molecule has 6 nitrogen and oxygen atoms in total. The van der Waals surface area contributed by atoms with Crippen LogP contribution < -0.4 is 4.74 Å². The lowest BCUT2D eigenvalue weighted by molar-refractivity contribution is -0.107. The molecule has 3 rings (SSSR count). The normalized spacial score (nSPS) is 10.5. The van der Waals surface area contributed by atoms with Crippen LogP contribution in [0, 0.1) is 0 Å². The molecule has 0 saturated heterocycles. The van der Waals surface area contributed by atoms with E-state index in [0.29, 0.717) is 22.3 Å². The van der Waals surface area contributed by atoms with Crippen LogP contribution in [0.25, 0.3) is 22.5 Å². The smallest absolute Gasteiger partial charge is 0.138 e. The van der Waals surface area contributed by atoms with E-state index in [9.17, 15) is 4.79 Å². The van der Waals surface area contributed by atoms with E-state index in [2.05, 4.69) is 20.2 Å². The number of carbonyl (C=O) groups is 1. The van der Waals surface area contributed by atoms with Gasteiger partial charge in [-0.15, -0.1) is 0 Å². The zero-order valence-electron chi connectivity index (χ0n) is 12.3. The highest BCUT2D eigenvalue weighted by atomic mass is 35.5. The minimum absolute atomic E-state index is 0.176. The van der Waals surface area contributed by atoms with Crippen LogP contribution in [0.15, 0.2) is 36.7 Å². The molecule has 1 N–H and O–H groups in total. The van der Waals surface area contributed by atoms with Gasteiger partial charge in [0, 0.05) is 23.5 Å². The van der Waals surface area contributed by atoms with Crippen LogP contribution in [-0.2, 0) is 11.2 Å². The highest BCUT2D eigenvalue weighted by Crippen LogP contribution is 2.33. The van der Waals surface area contributed by atoms with E-state index in [1.807, 2.05) is 12.1 Å². The van der Waals surface area contributed by atoms with Gasteiger partial charge in [-0.25, -0.2) is 9.97 Å². The van der Waals surface area contributed by atoms with Crippen molar-refractivity contribution in [3.63, 3.8) is 0 Å². The molecule has 23 heavy (non-hydrogen) atoms. The summed E-state index contributed by atoms with van der Waals surface area (Å²) in [5, 5.41) is 7.67. The van der Waals surface area contributed by atoms with Crippen molar-refractivity contribution >= 4 is 17.9 Å². The second-order valence-electron chi connectivity index (χ2n) is 4.73. The molecule has 1 aromatic carbocycles. The number of aromatic nitrogens is 4. The Bertz CT molecular complexity index is 848. The molecule has 0 amide bonds. The Morgan fingerprint density at radius 2 is 2.22 bits per heavy atom. The van der Waals surface area contributed by atoms with Gasteiger partial charge in [0.15, 0.2) is 0 Å². The molecule has 116 valence electrons. The molecule has 0 aliphatic carbocycles. The molecule has 2 heterocycles. The SMILES string of the molecule is COc1cc(-c2n[nH]cc2-c2ccnc(CC=O)n2)ccc1Cl. The third kappa shape index (κ3) is 3.07. The van der Waals surface area contributed by atoms with E-state index < -0.39 is 0 Å². The summed E-state index contributed by atoms with van der Waals surface area (Å²) in [6, 6.07) is 7.20. The maximum Gasteiger partial charge on any atom is 0.138 e. The zero-order valence-corrected chi connectivity index (χ0v) is 13.0. The van der Waals surface area contributed by atoms with Crippen LogP contribution in [0.4, 0.5) is 0 Å². The lowest BCUT2D eigenvalue weighted by atomic mass is 10.1. The molecular formula is C16H13ClN4O2. The first kappa shape index (κ1) is 15.2. The molecule has 2 aromatic heterocycles. The van der Waals surface area contributed by atoms with Crippen molar-refractivity contribution in [1.29, 1.82) is 0 Å². The number of hydrogen-bond acceptors (Lipinski definition) is 5. The third-order valence-corrected chi connectivity index (χ3v) is 3.62. The van der Waals surface area contributed by atoms with Crippen LogP contribution in [0.1, 0.15) is 5.82 Å². The molecule has 0 saturated carbocycles. The van der Waals surface area contributed by atoms with Gasteiger partial charge in [0.1, 0.15) is 23.6 Å². The third-order valence-electron chi connectivity index (χ3n) is 3.31. The summed E-state index contributed by atoms with van der Waals surface area (Å²) in [4.78, 5) is 19.1. The van der Waals surface area contributed by atoms with Crippen molar-refractivity contribution in [2.75, 3.05) is 7.11 Å². The fourth-order valence-electron chi connectivity index (χ4n) is 2.23. The van der Waals surface area contributed by atoms with E-state index in [1.54, 1.807) is 31.6 Å². The Labute approximate surface area is 137 Å². The summed E-state index contributed by atoms with van der Waals surface area (Å²) in [5.74, 6) is 1.04. The number of rotatable bonds is 5. The van der Waals surface area contributed by atoms with Crippen LogP contribution in [0.2, 0.25) is 5.02 Å². The van der Waals surface area contributed by atoms with Gasteiger partial charge in [0.2, 0.25) is 0 Å². The topological polar surface area (TPSA) is 80.8 Å². The number of benzene rings is 1. The molecule has 0 spiro atoms. The zero-order chi connectivity index (χ0) is 16.2. The Morgan fingerprint density at radius 1 is 1.35 bits per heavy atom. The van der Waals surface area contributed by atoms with Crippen LogP contribution in [-0.4, -0.2) is 33.6 Å². The molecule has 0 bridgehead atoms. The van der Waals surface area contributed by atoms with E-state index >= 15 is 0 Å². The number of aldehydes is 1. The van der Waals surface area contributed by atoms with Gasteiger partial charge in [-0.05, 0) is 18.2 Å². The molecule has 0 atom stereocenters. The fourth-order valence-corrected chi connectivity index (χ4v) is 2.43. The highest BCUT2D eigenvalue weighted by molar-refractivity contribution is 6.32. The van der Waals surface area contributed by atoms with Crippen molar-refractivity contribution in [3.05, 3.63) is 47.5 Å². The fraction of sp³-hybridized carbons (Fsp3) is 0.125. The Morgan fingerprint density at radius 3 is 3.00 bits per heavy atom.